The van der Waals surface area contributed by atoms with E-state index in [1.807, 2.05) is 0 Å². The predicted molar refractivity (Wildman–Crippen MR) is 82.9 cm³/mol. The Hall–Kier alpha value is -2.35. The van der Waals surface area contributed by atoms with Crippen LogP contribution in [0.5, 0.6) is 0 Å². The number of anilines is 2. The summed E-state index contributed by atoms with van der Waals surface area (Å²) in [5.41, 5.74) is 0.952. The van der Waals surface area contributed by atoms with E-state index in [1.54, 1.807) is 0 Å². The largest absolute Gasteiger partial charge is 0.326 e. The first-order valence-electron chi connectivity index (χ1n) is 7.34. The number of aromatic nitrogens is 2. The average molecular weight is 332 g/mol. The van der Waals surface area contributed by atoms with Gasteiger partial charge >= 0.3 is 0 Å². The first-order valence-corrected chi connectivity index (χ1v) is 8.15. The summed E-state index contributed by atoms with van der Waals surface area (Å²) in [6, 6.07) is 4.04. The summed E-state index contributed by atoms with van der Waals surface area (Å²) in [6.07, 6.45) is 2.26. The number of carbonyl (C=O) groups excluding carboxylic acids is 2. The summed E-state index contributed by atoms with van der Waals surface area (Å²) in [6.45, 7) is 0. The lowest BCUT2D eigenvalue weighted by atomic mass is 9.90. The fourth-order valence-electron chi connectivity index (χ4n) is 2.64. The van der Waals surface area contributed by atoms with E-state index in [1.165, 1.54) is 29.5 Å². The molecule has 2 heterocycles. The van der Waals surface area contributed by atoms with Gasteiger partial charge in [0.25, 0.3) is 0 Å². The van der Waals surface area contributed by atoms with Crippen LogP contribution in [0.15, 0.2) is 18.2 Å². The van der Waals surface area contributed by atoms with E-state index < -0.39 is 11.7 Å². The van der Waals surface area contributed by atoms with Crippen molar-refractivity contribution in [1.82, 2.24) is 10.2 Å². The molecule has 1 aromatic heterocycles. The molecule has 6 nitrogen and oxygen atoms in total. The van der Waals surface area contributed by atoms with Crippen LogP contribution in [0.4, 0.5) is 15.2 Å². The van der Waals surface area contributed by atoms with Gasteiger partial charge in [0.1, 0.15) is 10.8 Å². The van der Waals surface area contributed by atoms with Gasteiger partial charge in [0.2, 0.25) is 16.9 Å². The molecule has 8 heteroatoms. The van der Waals surface area contributed by atoms with E-state index in [4.69, 9.17) is 0 Å². The normalized spacial score (nSPS) is 19.9. The van der Waals surface area contributed by atoms with E-state index >= 15 is 0 Å². The van der Waals surface area contributed by atoms with E-state index in [9.17, 15) is 14.0 Å². The molecule has 4 rings (SSSR count). The molecule has 2 N–H and O–H groups in total. The van der Waals surface area contributed by atoms with E-state index in [-0.39, 0.29) is 18.2 Å². The molecular weight excluding hydrogens is 319 g/mol. The number of fused-ring (bicyclic) bond motifs is 1. The zero-order valence-corrected chi connectivity index (χ0v) is 12.8. The Bertz CT molecular complexity index is 803. The van der Waals surface area contributed by atoms with Crippen molar-refractivity contribution < 1.29 is 14.0 Å². The number of hydrogen-bond donors (Lipinski definition) is 2. The molecule has 118 valence electrons. The molecule has 2 amide bonds. The van der Waals surface area contributed by atoms with Crippen molar-refractivity contribution in [2.45, 2.75) is 31.1 Å². The van der Waals surface area contributed by atoms with Crippen molar-refractivity contribution in [3.05, 3.63) is 34.6 Å². The van der Waals surface area contributed by atoms with Gasteiger partial charge in [-0.3, -0.25) is 14.9 Å². The molecule has 1 aliphatic carbocycles. The van der Waals surface area contributed by atoms with Crippen LogP contribution in [0.3, 0.4) is 0 Å². The number of hydrogen-bond acceptors (Lipinski definition) is 5. The monoisotopic (exact) mass is 332 g/mol. The lowest BCUT2D eigenvalue weighted by Gasteiger charge is -2.24. The van der Waals surface area contributed by atoms with Gasteiger partial charge in [0, 0.05) is 18.0 Å². The molecule has 0 spiro atoms. The zero-order chi connectivity index (χ0) is 16.0. The Morgan fingerprint density at radius 1 is 1.35 bits per heavy atom. The summed E-state index contributed by atoms with van der Waals surface area (Å²) in [4.78, 5) is 24.3. The van der Waals surface area contributed by atoms with Crippen LogP contribution in [0.2, 0.25) is 0 Å². The van der Waals surface area contributed by atoms with Crippen molar-refractivity contribution in [3.8, 4) is 0 Å². The number of rotatable bonds is 3. The van der Waals surface area contributed by atoms with E-state index in [0.29, 0.717) is 22.3 Å². The highest BCUT2D eigenvalue weighted by atomic mass is 32.1. The van der Waals surface area contributed by atoms with Crippen molar-refractivity contribution >= 4 is 34.0 Å². The third-order valence-electron chi connectivity index (χ3n) is 3.97. The van der Waals surface area contributed by atoms with Gasteiger partial charge in [-0.2, -0.15) is 0 Å². The summed E-state index contributed by atoms with van der Waals surface area (Å²) in [5.74, 6) is -1.27. The van der Waals surface area contributed by atoms with Gasteiger partial charge in [-0.25, -0.2) is 4.39 Å². The maximum atomic E-state index is 13.3. The first kappa shape index (κ1) is 14.3. The maximum absolute atomic E-state index is 13.3. The van der Waals surface area contributed by atoms with Crippen LogP contribution in [0.25, 0.3) is 0 Å². The number of nitrogens with zero attached hydrogens (tertiary/aromatic N) is 2. The minimum atomic E-state index is -0.660. The fraction of sp³-hybridized carbons (Fsp3) is 0.333. The molecule has 1 fully saturated rings. The molecule has 23 heavy (non-hydrogen) atoms. The topological polar surface area (TPSA) is 84.0 Å². The smallest absolute Gasteiger partial charge is 0.234 e. The second kappa shape index (κ2) is 5.38. The van der Waals surface area contributed by atoms with Crippen LogP contribution >= 0.6 is 11.3 Å². The van der Waals surface area contributed by atoms with Gasteiger partial charge in [-0.1, -0.05) is 17.4 Å². The summed E-state index contributed by atoms with van der Waals surface area (Å²) < 4.78 is 13.3. The molecular formula is C15H13FN4O2S. The van der Waals surface area contributed by atoms with E-state index in [2.05, 4.69) is 20.8 Å². The van der Waals surface area contributed by atoms with Crippen molar-refractivity contribution in [2.75, 3.05) is 10.6 Å². The SMILES string of the molecule is O=C1C[C@H](C(=O)Nc2nnc(C3CC3)s2)c2ccc(F)cc2N1. The summed E-state index contributed by atoms with van der Waals surface area (Å²) in [5, 5.41) is 14.7. The van der Waals surface area contributed by atoms with Crippen LogP contribution in [0, 0.1) is 5.82 Å². The first-order chi connectivity index (χ1) is 11.1. The molecule has 0 unspecified atom stereocenters. The number of amides is 2. The minimum absolute atomic E-state index is 0.0265. The quantitative estimate of drug-likeness (QED) is 0.905. The van der Waals surface area contributed by atoms with Crippen molar-refractivity contribution in [3.63, 3.8) is 0 Å². The Kier molecular flexibility index (Phi) is 3.33. The fourth-order valence-corrected chi connectivity index (χ4v) is 3.56. The van der Waals surface area contributed by atoms with Gasteiger partial charge in [-0.15, -0.1) is 10.2 Å². The highest BCUT2D eigenvalue weighted by Crippen LogP contribution is 2.42. The third-order valence-corrected chi connectivity index (χ3v) is 4.97. The van der Waals surface area contributed by atoms with Gasteiger partial charge in [-0.05, 0) is 30.5 Å². The lowest BCUT2D eigenvalue weighted by Crippen LogP contribution is -2.30. The molecule has 0 bridgehead atoms. The van der Waals surface area contributed by atoms with Crippen LogP contribution < -0.4 is 10.6 Å². The van der Waals surface area contributed by atoms with E-state index in [0.717, 1.165) is 17.8 Å². The Balaban J connectivity index is 1.56. The molecule has 1 saturated carbocycles. The predicted octanol–water partition coefficient (Wildman–Crippen LogP) is 2.62. The molecule has 1 aliphatic heterocycles. The molecule has 0 saturated heterocycles. The summed E-state index contributed by atoms with van der Waals surface area (Å²) >= 11 is 1.37. The van der Waals surface area contributed by atoms with Gasteiger partial charge in [0.05, 0.1) is 5.92 Å². The molecule has 2 aliphatic rings. The standard InChI is InChI=1S/C15H13FN4O2S/c16-8-3-4-9-10(6-12(21)17-11(9)5-8)13(22)18-15-20-19-14(23-15)7-1-2-7/h3-5,7,10H,1-2,6H2,(H,17,21)(H,18,20,22)/t10-/m0/s1. The number of nitrogens with one attached hydrogen (secondary N) is 2. The highest BCUT2D eigenvalue weighted by molar-refractivity contribution is 7.15. The van der Waals surface area contributed by atoms with Crippen molar-refractivity contribution in [2.24, 2.45) is 0 Å². The minimum Gasteiger partial charge on any atom is -0.326 e. The number of benzene rings is 1. The maximum Gasteiger partial charge on any atom is 0.234 e. The Morgan fingerprint density at radius 2 is 2.17 bits per heavy atom. The van der Waals surface area contributed by atoms with Crippen LogP contribution in [-0.4, -0.2) is 22.0 Å². The van der Waals surface area contributed by atoms with Gasteiger partial charge in [0.15, 0.2) is 0 Å². The van der Waals surface area contributed by atoms with Gasteiger partial charge < -0.3 is 5.32 Å². The second-order valence-corrected chi connectivity index (χ2v) is 6.75. The Morgan fingerprint density at radius 3 is 2.96 bits per heavy atom. The number of carbonyl (C=O) groups is 2. The Labute approximate surface area is 135 Å². The zero-order valence-electron chi connectivity index (χ0n) is 12.0. The van der Waals surface area contributed by atoms with Crippen LogP contribution in [0.1, 0.15) is 41.7 Å². The van der Waals surface area contributed by atoms with Crippen molar-refractivity contribution in [1.29, 1.82) is 0 Å². The summed E-state index contributed by atoms with van der Waals surface area (Å²) in [7, 11) is 0. The second-order valence-electron chi connectivity index (χ2n) is 5.75. The lowest BCUT2D eigenvalue weighted by molar-refractivity contribution is -0.123. The highest BCUT2D eigenvalue weighted by Gasteiger charge is 2.32. The molecule has 1 atom stereocenters. The average Bonchev–Trinajstić information content (AvgIpc) is 3.26. The number of halogens is 1. The molecule has 1 aromatic carbocycles. The molecule has 2 aromatic rings. The third kappa shape index (κ3) is 2.81. The molecule has 0 radical (unpaired) electrons. The van der Waals surface area contributed by atoms with Crippen LogP contribution in [-0.2, 0) is 9.59 Å².